The average molecular weight is 471 g/mol. The van der Waals surface area contributed by atoms with Crippen molar-refractivity contribution in [2.45, 2.75) is 11.8 Å². The molecule has 9 nitrogen and oxygen atoms in total. The second kappa shape index (κ2) is 8.27. The van der Waals surface area contributed by atoms with E-state index < -0.39 is 11.0 Å². The van der Waals surface area contributed by atoms with E-state index in [1.165, 1.54) is 0 Å². The summed E-state index contributed by atoms with van der Waals surface area (Å²) in [7, 11) is 2.53. The van der Waals surface area contributed by atoms with Crippen molar-refractivity contribution in [1.29, 1.82) is 0 Å². The lowest BCUT2D eigenvalue weighted by molar-refractivity contribution is 0.409. The lowest BCUT2D eigenvalue weighted by Crippen LogP contribution is -2.47. The van der Waals surface area contributed by atoms with E-state index in [-0.39, 0.29) is 0 Å². The van der Waals surface area contributed by atoms with Crippen molar-refractivity contribution in [2.24, 2.45) is 14.1 Å². The summed E-state index contributed by atoms with van der Waals surface area (Å²) < 4.78 is 18.9. The highest BCUT2D eigenvalue weighted by Gasteiger charge is 2.27. The summed E-state index contributed by atoms with van der Waals surface area (Å²) in [5, 5.41) is 4.79. The van der Waals surface area contributed by atoms with Crippen molar-refractivity contribution in [2.75, 3.05) is 31.1 Å². The van der Waals surface area contributed by atoms with Crippen LogP contribution >= 0.6 is 11.6 Å². The predicted molar refractivity (Wildman–Crippen MR) is 125 cm³/mol. The number of imidazole rings is 1. The molecule has 1 aliphatic heterocycles. The zero-order chi connectivity index (χ0) is 22.4. The predicted octanol–water partition coefficient (Wildman–Crippen LogP) is 2.57. The van der Waals surface area contributed by atoms with Gasteiger partial charge in [-0.1, -0.05) is 23.7 Å². The van der Waals surface area contributed by atoms with Crippen LogP contribution in [0.2, 0.25) is 5.02 Å². The van der Waals surface area contributed by atoms with Gasteiger partial charge in [-0.3, -0.25) is 4.68 Å². The zero-order valence-corrected chi connectivity index (χ0v) is 19.6. The van der Waals surface area contributed by atoms with Gasteiger partial charge in [-0.25, -0.2) is 23.5 Å². The molecule has 0 N–H and O–H groups in total. The molecule has 3 aromatic heterocycles. The first kappa shape index (κ1) is 21.0. The number of rotatable bonds is 4. The van der Waals surface area contributed by atoms with E-state index in [9.17, 15) is 4.21 Å². The van der Waals surface area contributed by atoms with Gasteiger partial charge in [0.05, 0.1) is 21.7 Å². The van der Waals surface area contributed by atoms with E-state index in [0.717, 1.165) is 33.9 Å². The first-order valence-electron chi connectivity index (χ1n) is 10.3. The molecule has 11 heteroatoms. The summed E-state index contributed by atoms with van der Waals surface area (Å²) in [5.74, 6) is 1.59. The minimum Gasteiger partial charge on any atom is -0.352 e. The Labute approximate surface area is 193 Å². The smallest absolute Gasteiger partial charge is 0.165 e. The molecule has 0 aliphatic carbocycles. The Morgan fingerprint density at radius 2 is 1.88 bits per heavy atom. The first-order chi connectivity index (χ1) is 15.4. The zero-order valence-electron chi connectivity index (χ0n) is 18.1. The van der Waals surface area contributed by atoms with Crippen molar-refractivity contribution in [3.63, 3.8) is 0 Å². The Morgan fingerprint density at radius 1 is 1.09 bits per heavy atom. The minimum absolute atomic E-state index is 0.541. The highest BCUT2D eigenvalue weighted by atomic mass is 35.5. The number of aryl methyl sites for hydroxylation is 3. The van der Waals surface area contributed by atoms with Gasteiger partial charge in [0.15, 0.2) is 17.0 Å². The van der Waals surface area contributed by atoms with E-state index in [1.54, 1.807) is 23.3 Å². The third-order valence-electron chi connectivity index (χ3n) is 5.71. The molecule has 1 saturated heterocycles. The standard InChI is InChI=1S/C21H23ClN8OS/c1-14-5-4-6-16(22)18(14)32(31)30-9-7-29(8-10-30)21-17-20(23-13-24-21)28(3)19(26-17)15-11-25-27(2)12-15/h4-6,11-13H,7-10H2,1-3H3. The second-order valence-electron chi connectivity index (χ2n) is 7.82. The monoisotopic (exact) mass is 470 g/mol. The summed E-state index contributed by atoms with van der Waals surface area (Å²) in [6.45, 7) is 4.56. The van der Waals surface area contributed by atoms with E-state index in [4.69, 9.17) is 16.6 Å². The van der Waals surface area contributed by atoms with Crippen molar-refractivity contribution >= 4 is 39.6 Å². The van der Waals surface area contributed by atoms with Crippen LogP contribution in [0.3, 0.4) is 0 Å². The molecule has 0 saturated carbocycles. The van der Waals surface area contributed by atoms with Crippen LogP contribution in [0.25, 0.3) is 22.6 Å². The van der Waals surface area contributed by atoms with Gasteiger partial charge >= 0.3 is 0 Å². The van der Waals surface area contributed by atoms with Crippen LogP contribution in [0.1, 0.15) is 5.56 Å². The number of piperazine rings is 1. The fourth-order valence-corrected chi connectivity index (χ4v) is 5.80. The van der Waals surface area contributed by atoms with Crippen LogP contribution in [-0.4, -0.2) is 64.0 Å². The third kappa shape index (κ3) is 3.58. The number of fused-ring (bicyclic) bond motifs is 1. The molecule has 4 heterocycles. The minimum atomic E-state index is -1.30. The highest BCUT2D eigenvalue weighted by molar-refractivity contribution is 7.82. The summed E-state index contributed by atoms with van der Waals surface area (Å²) in [4.78, 5) is 16.7. The SMILES string of the molecule is Cc1cccc(Cl)c1S(=O)N1CCN(c2ncnc3c2nc(-c2cnn(C)c2)n3C)CC1. The van der Waals surface area contributed by atoms with Crippen molar-refractivity contribution in [1.82, 2.24) is 33.6 Å². The van der Waals surface area contributed by atoms with Gasteiger partial charge in [-0.2, -0.15) is 5.10 Å². The molecule has 1 unspecified atom stereocenters. The number of hydrogen-bond donors (Lipinski definition) is 0. The topological polar surface area (TPSA) is 85.0 Å². The molecule has 166 valence electrons. The molecular formula is C21H23ClN8OS. The fraction of sp³-hybridized carbons (Fsp3) is 0.333. The van der Waals surface area contributed by atoms with E-state index in [2.05, 4.69) is 20.0 Å². The molecular weight excluding hydrogens is 448 g/mol. The van der Waals surface area contributed by atoms with Crippen molar-refractivity contribution in [3.8, 4) is 11.4 Å². The normalized spacial score (nSPS) is 16.1. The van der Waals surface area contributed by atoms with Crippen LogP contribution in [0.5, 0.6) is 0 Å². The number of benzene rings is 1. The van der Waals surface area contributed by atoms with Gasteiger partial charge < -0.3 is 9.47 Å². The molecule has 1 atom stereocenters. The molecule has 1 aromatic carbocycles. The maximum absolute atomic E-state index is 13.2. The molecule has 0 spiro atoms. The number of anilines is 1. The molecule has 1 fully saturated rings. The number of hydrogen-bond acceptors (Lipinski definition) is 6. The summed E-state index contributed by atoms with van der Waals surface area (Å²) in [5.41, 5.74) is 3.39. The second-order valence-corrected chi connectivity index (χ2v) is 9.65. The fourth-order valence-electron chi connectivity index (χ4n) is 4.05. The molecule has 0 radical (unpaired) electrons. The maximum atomic E-state index is 13.2. The molecule has 1 aliphatic rings. The largest absolute Gasteiger partial charge is 0.352 e. The maximum Gasteiger partial charge on any atom is 0.165 e. The van der Waals surface area contributed by atoms with Crippen LogP contribution in [0.15, 0.2) is 41.8 Å². The molecule has 0 amide bonds. The Balaban J connectivity index is 1.40. The number of nitrogens with zero attached hydrogens (tertiary/aromatic N) is 8. The quantitative estimate of drug-likeness (QED) is 0.455. The first-order valence-corrected chi connectivity index (χ1v) is 11.8. The highest BCUT2D eigenvalue weighted by Crippen LogP contribution is 2.29. The van der Waals surface area contributed by atoms with Gasteiger partial charge in [0.25, 0.3) is 0 Å². The Hall–Kier alpha value is -2.82. The van der Waals surface area contributed by atoms with Crippen LogP contribution < -0.4 is 4.90 Å². The van der Waals surface area contributed by atoms with Crippen LogP contribution in [0.4, 0.5) is 5.82 Å². The Morgan fingerprint density at radius 3 is 2.56 bits per heavy atom. The Kier molecular flexibility index (Phi) is 5.44. The van der Waals surface area contributed by atoms with E-state index in [0.29, 0.717) is 36.1 Å². The van der Waals surface area contributed by atoms with Gasteiger partial charge in [0.1, 0.15) is 23.1 Å². The van der Waals surface area contributed by atoms with Gasteiger partial charge in [-0.15, -0.1) is 0 Å². The van der Waals surface area contributed by atoms with Crippen molar-refractivity contribution in [3.05, 3.63) is 47.5 Å². The average Bonchev–Trinajstić information content (AvgIpc) is 3.36. The van der Waals surface area contributed by atoms with Crippen LogP contribution in [0, 0.1) is 6.92 Å². The molecule has 0 bridgehead atoms. The lowest BCUT2D eigenvalue weighted by atomic mass is 10.2. The van der Waals surface area contributed by atoms with Gasteiger partial charge in [0.2, 0.25) is 0 Å². The third-order valence-corrected chi connectivity index (χ3v) is 7.86. The van der Waals surface area contributed by atoms with E-state index in [1.807, 2.05) is 48.2 Å². The van der Waals surface area contributed by atoms with Gasteiger partial charge in [0, 0.05) is 46.5 Å². The van der Waals surface area contributed by atoms with Crippen LogP contribution in [-0.2, 0) is 25.1 Å². The Bertz CT molecular complexity index is 1300. The molecule has 32 heavy (non-hydrogen) atoms. The van der Waals surface area contributed by atoms with Gasteiger partial charge in [-0.05, 0) is 18.6 Å². The summed E-state index contributed by atoms with van der Waals surface area (Å²) >= 11 is 6.34. The number of halogens is 1. The summed E-state index contributed by atoms with van der Waals surface area (Å²) in [6, 6.07) is 5.60. The molecule has 5 rings (SSSR count). The summed E-state index contributed by atoms with van der Waals surface area (Å²) in [6.07, 6.45) is 5.29. The van der Waals surface area contributed by atoms with Crippen molar-refractivity contribution < 1.29 is 4.21 Å². The number of aromatic nitrogens is 6. The molecule has 4 aromatic rings. The van der Waals surface area contributed by atoms with E-state index >= 15 is 0 Å². The lowest BCUT2D eigenvalue weighted by Gasteiger charge is -2.34.